The lowest BCUT2D eigenvalue weighted by atomic mass is 10.1. The standard InChI is InChI=1S/C16H17ClN2OS/c1-10-4-6-14(8-11(10)2)19-16(20)12(3)21-15-7-5-13(17)9-18-15/h4-9,12H,1-3H3,(H,19,20). The molecule has 0 spiro atoms. The van der Waals surface area contributed by atoms with Crippen molar-refractivity contribution in [3.63, 3.8) is 0 Å². The van der Waals surface area contributed by atoms with Crippen molar-refractivity contribution in [2.45, 2.75) is 31.0 Å². The molecule has 110 valence electrons. The predicted molar refractivity (Wildman–Crippen MR) is 89.1 cm³/mol. The van der Waals surface area contributed by atoms with E-state index in [-0.39, 0.29) is 11.2 Å². The van der Waals surface area contributed by atoms with Gasteiger partial charge in [-0.05, 0) is 56.2 Å². The van der Waals surface area contributed by atoms with Gasteiger partial charge in [-0.1, -0.05) is 29.4 Å². The predicted octanol–water partition coefficient (Wildman–Crippen LogP) is 4.47. The number of thioether (sulfide) groups is 1. The topological polar surface area (TPSA) is 42.0 Å². The third-order valence-electron chi connectivity index (χ3n) is 3.14. The van der Waals surface area contributed by atoms with Crippen LogP contribution in [0.3, 0.4) is 0 Å². The van der Waals surface area contributed by atoms with Gasteiger partial charge in [-0.15, -0.1) is 0 Å². The Bertz CT molecular complexity index is 643. The van der Waals surface area contributed by atoms with Gasteiger partial charge >= 0.3 is 0 Å². The largest absolute Gasteiger partial charge is 0.325 e. The summed E-state index contributed by atoms with van der Waals surface area (Å²) in [4.78, 5) is 16.4. The van der Waals surface area contributed by atoms with Crippen molar-refractivity contribution in [3.8, 4) is 0 Å². The minimum absolute atomic E-state index is 0.0417. The molecule has 1 unspecified atom stereocenters. The van der Waals surface area contributed by atoms with Crippen LogP contribution < -0.4 is 5.32 Å². The molecule has 0 aliphatic heterocycles. The summed E-state index contributed by atoms with van der Waals surface area (Å²) in [6.07, 6.45) is 1.58. The van der Waals surface area contributed by atoms with Crippen LogP contribution in [-0.4, -0.2) is 16.1 Å². The first kappa shape index (κ1) is 15.9. The number of carbonyl (C=O) groups is 1. The first-order valence-corrected chi connectivity index (χ1v) is 7.88. The number of benzene rings is 1. The van der Waals surface area contributed by atoms with Gasteiger partial charge in [-0.25, -0.2) is 4.98 Å². The van der Waals surface area contributed by atoms with E-state index in [0.29, 0.717) is 5.02 Å². The van der Waals surface area contributed by atoms with Crippen molar-refractivity contribution in [2.75, 3.05) is 5.32 Å². The molecule has 1 aromatic carbocycles. The molecule has 3 nitrogen and oxygen atoms in total. The first-order chi connectivity index (χ1) is 9.95. The normalized spacial score (nSPS) is 12.0. The number of amides is 1. The average molecular weight is 321 g/mol. The molecule has 0 fully saturated rings. The molecule has 0 saturated heterocycles. The third kappa shape index (κ3) is 4.48. The number of hydrogen-bond donors (Lipinski definition) is 1. The van der Waals surface area contributed by atoms with E-state index in [0.717, 1.165) is 16.3 Å². The fraction of sp³-hybridized carbons (Fsp3) is 0.250. The third-order valence-corrected chi connectivity index (χ3v) is 4.42. The van der Waals surface area contributed by atoms with Crippen molar-refractivity contribution in [1.82, 2.24) is 4.98 Å². The van der Waals surface area contributed by atoms with Gasteiger partial charge in [0.1, 0.15) is 0 Å². The molecule has 21 heavy (non-hydrogen) atoms. The van der Waals surface area contributed by atoms with Gasteiger partial charge in [0.15, 0.2) is 0 Å². The van der Waals surface area contributed by atoms with Crippen molar-refractivity contribution in [1.29, 1.82) is 0 Å². The van der Waals surface area contributed by atoms with E-state index in [9.17, 15) is 4.79 Å². The number of anilines is 1. The summed E-state index contributed by atoms with van der Waals surface area (Å²) < 4.78 is 0. The second kappa shape index (κ2) is 6.96. The lowest BCUT2D eigenvalue weighted by molar-refractivity contribution is -0.115. The minimum Gasteiger partial charge on any atom is -0.325 e. The molecule has 1 aromatic heterocycles. The van der Waals surface area contributed by atoms with Crippen LogP contribution in [0, 0.1) is 13.8 Å². The quantitative estimate of drug-likeness (QED) is 0.845. The maximum atomic E-state index is 12.2. The molecule has 1 N–H and O–H groups in total. The second-order valence-corrected chi connectivity index (χ2v) is 6.66. The lowest BCUT2D eigenvalue weighted by Crippen LogP contribution is -2.22. The highest BCUT2D eigenvalue weighted by molar-refractivity contribution is 8.00. The van der Waals surface area contributed by atoms with Crippen LogP contribution in [0.5, 0.6) is 0 Å². The number of carbonyl (C=O) groups excluding carboxylic acids is 1. The van der Waals surface area contributed by atoms with E-state index in [2.05, 4.69) is 10.3 Å². The zero-order valence-electron chi connectivity index (χ0n) is 12.2. The van der Waals surface area contributed by atoms with Crippen molar-refractivity contribution in [3.05, 3.63) is 52.7 Å². The van der Waals surface area contributed by atoms with E-state index in [1.54, 1.807) is 12.3 Å². The van der Waals surface area contributed by atoms with Crippen LogP contribution in [0.2, 0.25) is 5.02 Å². The molecular weight excluding hydrogens is 304 g/mol. The van der Waals surface area contributed by atoms with Gasteiger partial charge in [0.05, 0.1) is 15.3 Å². The molecule has 0 radical (unpaired) electrons. The molecule has 5 heteroatoms. The van der Waals surface area contributed by atoms with Gasteiger partial charge in [-0.3, -0.25) is 4.79 Å². The monoisotopic (exact) mass is 320 g/mol. The highest BCUT2D eigenvalue weighted by Crippen LogP contribution is 2.23. The fourth-order valence-corrected chi connectivity index (χ4v) is 2.63. The van der Waals surface area contributed by atoms with E-state index in [4.69, 9.17) is 11.6 Å². The summed E-state index contributed by atoms with van der Waals surface area (Å²) in [7, 11) is 0. The fourth-order valence-electron chi connectivity index (χ4n) is 1.73. The van der Waals surface area contributed by atoms with E-state index < -0.39 is 0 Å². The van der Waals surface area contributed by atoms with E-state index in [1.807, 2.05) is 45.0 Å². The van der Waals surface area contributed by atoms with E-state index in [1.165, 1.54) is 17.3 Å². The lowest BCUT2D eigenvalue weighted by Gasteiger charge is -2.12. The van der Waals surface area contributed by atoms with Gasteiger partial charge in [0, 0.05) is 11.9 Å². The zero-order valence-corrected chi connectivity index (χ0v) is 13.8. The molecule has 0 saturated carbocycles. The highest BCUT2D eigenvalue weighted by atomic mass is 35.5. The SMILES string of the molecule is Cc1ccc(NC(=O)C(C)Sc2ccc(Cl)cn2)cc1C. The maximum absolute atomic E-state index is 12.2. The number of aromatic nitrogens is 1. The molecule has 1 heterocycles. The number of hydrogen-bond acceptors (Lipinski definition) is 3. The number of pyridine rings is 1. The molecule has 0 aliphatic carbocycles. The van der Waals surface area contributed by atoms with Crippen LogP contribution >= 0.6 is 23.4 Å². The zero-order chi connectivity index (χ0) is 15.4. The van der Waals surface area contributed by atoms with Crippen LogP contribution in [0.4, 0.5) is 5.69 Å². The average Bonchev–Trinajstić information content (AvgIpc) is 2.45. The summed E-state index contributed by atoms with van der Waals surface area (Å²) in [5, 5.41) is 4.06. The Labute approximate surface area is 134 Å². The van der Waals surface area contributed by atoms with Crippen LogP contribution in [0.25, 0.3) is 0 Å². The van der Waals surface area contributed by atoms with Crippen molar-refractivity contribution < 1.29 is 4.79 Å². The van der Waals surface area contributed by atoms with Gasteiger partial charge in [-0.2, -0.15) is 0 Å². The van der Waals surface area contributed by atoms with Gasteiger partial charge in [0.25, 0.3) is 0 Å². The number of halogens is 1. The number of rotatable bonds is 4. The summed E-state index contributed by atoms with van der Waals surface area (Å²) in [6, 6.07) is 9.48. The number of nitrogens with zero attached hydrogens (tertiary/aromatic N) is 1. The van der Waals surface area contributed by atoms with Crippen LogP contribution in [0.1, 0.15) is 18.1 Å². The Hall–Kier alpha value is -1.52. The first-order valence-electron chi connectivity index (χ1n) is 6.62. The molecule has 1 amide bonds. The van der Waals surface area contributed by atoms with Crippen LogP contribution in [-0.2, 0) is 4.79 Å². The second-order valence-electron chi connectivity index (χ2n) is 4.86. The molecule has 2 aromatic rings. The summed E-state index contributed by atoms with van der Waals surface area (Å²) in [5.74, 6) is -0.0417. The van der Waals surface area contributed by atoms with Crippen molar-refractivity contribution in [2.24, 2.45) is 0 Å². The van der Waals surface area contributed by atoms with E-state index >= 15 is 0 Å². The Balaban J connectivity index is 1.98. The minimum atomic E-state index is -0.236. The van der Waals surface area contributed by atoms with Crippen LogP contribution in [0.15, 0.2) is 41.6 Å². The summed E-state index contributed by atoms with van der Waals surface area (Å²) in [6.45, 7) is 5.93. The van der Waals surface area contributed by atoms with Gasteiger partial charge < -0.3 is 5.32 Å². The Morgan fingerprint density at radius 3 is 2.62 bits per heavy atom. The molecule has 1 atom stereocenters. The molecule has 0 bridgehead atoms. The Morgan fingerprint density at radius 1 is 1.24 bits per heavy atom. The summed E-state index contributed by atoms with van der Waals surface area (Å²) in [5.41, 5.74) is 3.19. The molecule has 2 rings (SSSR count). The Kier molecular flexibility index (Phi) is 5.26. The molecule has 0 aliphatic rings. The Morgan fingerprint density at radius 2 is 2.00 bits per heavy atom. The summed E-state index contributed by atoms with van der Waals surface area (Å²) >= 11 is 7.20. The highest BCUT2D eigenvalue weighted by Gasteiger charge is 2.15. The van der Waals surface area contributed by atoms with Crippen molar-refractivity contribution >= 4 is 35.0 Å². The number of nitrogens with one attached hydrogen (secondary N) is 1. The number of aryl methyl sites for hydroxylation is 2. The molecular formula is C16H17ClN2OS. The van der Waals surface area contributed by atoms with Gasteiger partial charge in [0.2, 0.25) is 5.91 Å². The maximum Gasteiger partial charge on any atom is 0.237 e. The smallest absolute Gasteiger partial charge is 0.237 e.